The number of hydrogen-bond acceptors (Lipinski definition) is 5. The van der Waals surface area contributed by atoms with Crippen LogP contribution in [-0.4, -0.2) is 43.0 Å². The fourth-order valence-electron chi connectivity index (χ4n) is 4.29. The maximum atomic E-state index is 12.9. The molecule has 2 heterocycles. The average Bonchev–Trinajstić information content (AvgIpc) is 2.79. The van der Waals surface area contributed by atoms with Gasteiger partial charge in [-0.1, -0.05) is 12.1 Å². The van der Waals surface area contributed by atoms with Gasteiger partial charge in [0, 0.05) is 39.2 Å². The summed E-state index contributed by atoms with van der Waals surface area (Å²) in [6.07, 6.45) is 5.67. The molecule has 0 atom stereocenters. The van der Waals surface area contributed by atoms with Crippen LogP contribution in [0.4, 0.5) is 22.9 Å². The molecular weight excluding hydrogens is 366 g/mol. The second-order valence-corrected chi connectivity index (χ2v) is 7.89. The Morgan fingerprint density at radius 3 is 2.41 bits per heavy atom. The Labute approximate surface area is 171 Å². The Bertz CT molecular complexity index is 937. The molecule has 4 rings (SSSR count). The van der Waals surface area contributed by atoms with Crippen LogP contribution >= 0.6 is 0 Å². The minimum absolute atomic E-state index is 0.0370. The van der Waals surface area contributed by atoms with Crippen molar-refractivity contribution in [3.05, 3.63) is 42.1 Å². The minimum atomic E-state index is -0.0370. The topological polar surface area (TPSA) is 77.6 Å². The predicted molar refractivity (Wildman–Crippen MR) is 115 cm³/mol. The van der Waals surface area contributed by atoms with E-state index in [1.54, 1.807) is 25.1 Å². The second kappa shape index (κ2) is 7.73. The summed E-state index contributed by atoms with van der Waals surface area (Å²) in [7, 11) is 3.77. The van der Waals surface area contributed by atoms with Crippen LogP contribution in [0.1, 0.15) is 43.0 Å². The molecular formula is C22H27N5O2. The lowest BCUT2D eigenvalue weighted by molar-refractivity contribution is -0.119. The average molecular weight is 393 g/mol. The van der Waals surface area contributed by atoms with Crippen LogP contribution in [0.25, 0.3) is 0 Å². The Morgan fingerprint density at radius 1 is 1.00 bits per heavy atom. The summed E-state index contributed by atoms with van der Waals surface area (Å²) in [5.41, 5.74) is 3.29. The SMILES string of the molecule is CC(=O)NC1CCC(Nc2cc3c(cn2)N(C)C(=O)c2ccccc2N3C)CC1. The zero-order valence-corrected chi connectivity index (χ0v) is 17.1. The van der Waals surface area contributed by atoms with Crippen molar-refractivity contribution in [2.75, 3.05) is 29.2 Å². The fourth-order valence-corrected chi connectivity index (χ4v) is 4.29. The van der Waals surface area contributed by atoms with Gasteiger partial charge in [-0.05, 0) is 37.8 Å². The first-order chi connectivity index (χ1) is 13.9. The van der Waals surface area contributed by atoms with Crippen molar-refractivity contribution in [1.82, 2.24) is 10.3 Å². The molecule has 1 fully saturated rings. The summed E-state index contributed by atoms with van der Waals surface area (Å²) >= 11 is 0. The van der Waals surface area contributed by atoms with Crippen LogP contribution in [0, 0.1) is 0 Å². The third-order valence-electron chi connectivity index (χ3n) is 5.87. The molecule has 7 heteroatoms. The molecule has 2 N–H and O–H groups in total. The highest BCUT2D eigenvalue weighted by molar-refractivity contribution is 6.13. The van der Waals surface area contributed by atoms with E-state index in [1.165, 1.54) is 0 Å². The van der Waals surface area contributed by atoms with E-state index < -0.39 is 0 Å². The van der Waals surface area contributed by atoms with Gasteiger partial charge in [0.2, 0.25) is 5.91 Å². The predicted octanol–water partition coefficient (Wildman–Crippen LogP) is 3.30. The molecule has 29 heavy (non-hydrogen) atoms. The number of fused-ring (bicyclic) bond motifs is 2. The summed E-state index contributed by atoms with van der Waals surface area (Å²) in [6, 6.07) is 10.3. The Hall–Kier alpha value is -3.09. The van der Waals surface area contributed by atoms with Gasteiger partial charge in [-0.15, -0.1) is 0 Å². The smallest absolute Gasteiger partial charge is 0.260 e. The van der Waals surface area contributed by atoms with E-state index >= 15 is 0 Å². The maximum absolute atomic E-state index is 12.9. The van der Waals surface area contributed by atoms with Gasteiger partial charge >= 0.3 is 0 Å². The lowest BCUT2D eigenvalue weighted by Crippen LogP contribution is -2.39. The number of carbonyl (C=O) groups excluding carboxylic acids is 2. The zero-order chi connectivity index (χ0) is 20.5. The first-order valence-corrected chi connectivity index (χ1v) is 10.1. The summed E-state index contributed by atoms with van der Waals surface area (Å²) in [6.45, 7) is 1.57. The van der Waals surface area contributed by atoms with E-state index in [4.69, 9.17) is 0 Å². The molecule has 0 unspecified atom stereocenters. The monoisotopic (exact) mass is 393 g/mol. The molecule has 0 saturated heterocycles. The molecule has 1 aliphatic heterocycles. The van der Waals surface area contributed by atoms with Crippen molar-refractivity contribution in [3.63, 3.8) is 0 Å². The number of anilines is 4. The van der Waals surface area contributed by atoms with Crippen LogP contribution in [0.3, 0.4) is 0 Å². The van der Waals surface area contributed by atoms with Gasteiger partial charge < -0.3 is 20.4 Å². The summed E-state index contributed by atoms with van der Waals surface area (Å²) in [5.74, 6) is 0.805. The highest BCUT2D eigenvalue weighted by atomic mass is 16.2. The molecule has 0 radical (unpaired) electrons. The molecule has 152 valence electrons. The molecule has 1 aromatic heterocycles. The van der Waals surface area contributed by atoms with Crippen molar-refractivity contribution in [1.29, 1.82) is 0 Å². The van der Waals surface area contributed by atoms with Crippen molar-refractivity contribution in [2.45, 2.75) is 44.7 Å². The van der Waals surface area contributed by atoms with E-state index in [0.29, 0.717) is 11.6 Å². The lowest BCUT2D eigenvalue weighted by atomic mass is 9.91. The van der Waals surface area contributed by atoms with E-state index in [0.717, 1.165) is 48.6 Å². The number of rotatable bonds is 3. The summed E-state index contributed by atoms with van der Waals surface area (Å²) in [5, 5.41) is 6.55. The highest BCUT2D eigenvalue weighted by Crippen LogP contribution is 2.39. The number of benzene rings is 1. The van der Waals surface area contributed by atoms with Crippen molar-refractivity contribution in [3.8, 4) is 0 Å². The van der Waals surface area contributed by atoms with Gasteiger partial charge in [-0.25, -0.2) is 4.98 Å². The Balaban J connectivity index is 1.55. The van der Waals surface area contributed by atoms with E-state index in [1.807, 2.05) is 42.3 Å². The van der Waals surface area contributed by atoms with E-state index in [2.05, 4.69) is 15.6 Å². The molecule has 2 aliphatic rings. The van der Waals surface area contributed by atoms with Crippen LogP contribution in [-0.2, 0) is 4.79 Å². The van der Waals surface area contributed by atoms with Crippen LogP contribution < -0.4 is 20.4 Å². The number of pyridine rings is 1. The fraction of sp³-hybridized carbons (Fsp3) is 0.409. The van der Waals surface area contributed by atoms with Gasteiger partial charge in [0.15, 0.2) is 0 Å². The minimum Gasteiger partial charge on any atom is -0.367 e. The molecule has 0 spiro atoms. The molecule has 7 nitrogen and oxygen atoms in total. The molecule has 1 saturated carbocycles. The molecule has 1 aliphatic carbocycles. The van der Waals surface area contributed by atoms with Crippen molar-refractivity contribution < 1.29 is 9.59 Å². The molecule has 0 bridgehead atoms. The van der Waals surface area contributed by atoms with Crippen molar-refractivity contribution >= 4 is 34.7 Å². The zero-order valence-electron chi connectivity index (χ0n) is 17.1. The third-order valence-corrected chi connectivity index (χ3v) is 5.87. The van der Waals surface area contributed by atoms with Gasteiger partial charge in [-0.2, -0.15) is 0 Å². The molecule has 1 aromatic carbocycles. The normalized spacial score (nSPS) is 21.1. The Morgan fingerprint density at radius 2 is 1.69 bits per heavy atom. The van der Waals surface area contributed by atoms with Gasteiger partial charge in [-0.3, -0.25) is 9.59 Å². The van der Waals surface area contributed by atoms with Crippen LogP contribution in [0.15, 0.2) is 36.5 Å². The third kappa shape index (κ3) is 3.77. The first-order valence-electron chi connectivity index (χ1n) is 10.1. The number of nitrogens with zero attached hydrogens (tertiary/aromatic N) is 3. The van der Waals surface area contributed by atoms with Gasteiger partial charge in [0.05, 0.1) is 28.8 Å². The maximum Gasteiger partial charge on any atom is 0.260 e. The number of carbonyl (C=O) groups is 2. The Kier molecular flexibility index (Phi) is 5.13. The lowest BCUT2D eigenvalue weighted by Gasteiger charge is -2.30. The molecule has 2 amide bonds. The number of aromatic nitrogens is 1. The summed E-state index contributed by atoms with van der Waals surface area (Å²) < 4.78 is 0. The highest BCUT2D eigenvalue weighted by Gasteiger charge is 2.28. The second-order valence-electron chi connectivity index (χ2n) is 7.89. The standard InChI is InChI=1S/C22H27N5O2/c1-14(28)24-15-8-10-16(11-9-15)25-21-12-19-20(13-23-21)27(3)22(29)17-6-4-5-7-18(17)26(19)2/h4-7,12-13,15-16H,8-11H2,1-3H3,(H,23,25)(H,24,28). The molecule has 2 aromatic rings. The number of hydrogen-bond donors (Lipinski definition) is 2. The quantitative estimate of drug-likeness (QED) is 0.837. The van der Waals surface area contributed by atoms with Gasteiger partial charge in [0.25, 0.3) is 5.91 Å². The first kappa shape index (κ1) is 19.2. The van der Waals surface area contributed by atoms with Gasteiger partial charge in [0.1, 0.15) is 5.82 Å². The van der Waals surface area contributed by atoms with E-state index in [9.17, 15) is 9.59 Å². The van der Waals surface area contributed by atoms with Crippen LogP contribution in [0.5, 0.6) is 0 Å². The number of para-hydroxylation sites is 1. The number of amides is 2. The van der Waals surface area contributed by atoms with Crippen LogP contribution in [0.2, 0.25) is 0 Å². The van der Waals surface area contributed by atoms with E-state index in [-0.39, 0.29) is 17.9 Å². The largest absolute Gasteiger partial charge is 0.367 e. The summed E-state index contributed by atoms with van der Waals surface area (Å²) in [4.78, 5) is 32.4. The van der Waals surface area contributed by atoms with Crippen molar-refractivity contribution in [2.24, 2.45) is 0 Å². The number of nitrogens with one attached hydrogen (secondary N) is 2.